The van der Waals surface area contributed by atoms with Crippen molar-refractivity contribution in [3.8, 4) is 0 Å². The SMILES string of the molecule is C=NCNC(=O)C(C)(C)C. The van der Waals surface area contributed by atoms with E-state index in [1.54, 1.807) is 0 Å². The van der Waals surface area contributed by atoms with Crippen molar-refractivity contribution in [2.24, 2.45) is 10.4 Å². The minimum absolute atomic E-state index is 0.0000926. The average Bonchev–Trinajstić information content (AvgIpc) is 1.80. The maximum atomic E-state index is 11.0. The van der Waals surface area contributed by atoms with Gasteiger partial charge in [0.15, 0.2) is 0 Å². The van der Waals surface area contributed by atoms with Gasteiger partial charge in [-0.1, -0.05) is 20.8 Å². The third-order valence-electron chi connectivity index (χ3n) is 1.03. The van der Waals surface area contributed by atoms with Gasteiger partial charge in [-0.15, -0.1) is 0 Å². The number of carbonyl (C=O) groups excluding carboxylic acids is 1. The van der Waals surface area contributed by atoms with E-state index in [-0.39, 0.29) is 11.3 Å². The highest BCUT2D eigenvalue weighted by Gasteiger charge is 2.19. The number of hydrogen-bond donors (Lipinski definition) is 1. The first-order valence-corrected chi connectivity index (χ1v) is 3.19. The maximum Gasteiger partial charge on any atom is 0.226 e. The molecule has 0 unspecified atom stereocenters. The molecule has 0 rings (SSSR count). The van der Waals surface area contributed by atoms with E-state index < -0.39 is 0 Å². The van der Waals surface area contributed by atoms with Crippen LogP contribution in [-0.2, 0) is 4.79 Å². The molecule has 0 aromatic carbocycles. The zero-order chi connectivity index (χ0) is 8.20. The van der Waals surface area contributed by atoms with E-state index in [2.05, 4.69) is 17.0 Å². The molecule has 0 heterocycles. The van der Waals surface area contributed by atoms with Gasteiger partial charge in [0.2, 0.25) is 5.91 Å². The second kappa shape index (κ2) is 3.34. The van der Waals surface area contributed by atoms with Crippen molar-refractivity contribution >= 4 is 12.6 Å². The van der Waals surface area contributed by atoms with Gasteiger partial charge < -0.3 is 5.32 Å². The first kappa shape index (κ1) is 9.14. The van der Waals surface area contributed by atoms with Crippen LogP contribution in [0.2, 0.25) is 0 Å². The lowest BCUT2D eigenvalue weighted by Gasteiger charge is -2.16. The molecule has 0 aliphatic carbocycles. The van der Waals surface area contributed by atoms with Crippen LogP contribution in [0.1, 0.15) is 20.8 Å². The van der Waals surface area contributed by atoms with Crippen molar-refractivity contribution in [2.75, 3.05) is 6.67 Å². The highest BCUT2D eigenvalue weighted by Crippen LogP contribution is 2.11. The number of nitrogens with zero attached hydrogens (tertiary/aromatic N) is 1. The molecule has 0 saturated heterocycles. The molecule has 0 fully saturated rings. The van der Waals surface area contributed by atoms with Crippen LogP contribution >= 0.6 is 0 Å². The second-order valence-corrected chi connectivity index (χ2v) is 3.14. The molecule has 0 aromatic rings. The molecule has 0 aliphatic heterocycles. The predicted octanol–water partition coefficient (Wildman–Crippen LogP) is 0.807. The molecule has 0 aromatic heterocycles. The molecule has 0 radical (unpaired) electrons. The smallest absolute Gasteiger partial charge is 0.226 e. The summed E-state index contributed by atoms with van der Waals surface area (Å²) >= 11 is 0. The summed E-state index contributed by atoms with van der Waals surface area (Å²) in [5.41, 5.74) is -0.329. The van der Waals surface area contributed by atoms with Gasteiger partial charge in [0, 0.05) is 5.41 Å². The monoisotopic (exact) mass is 142 g/mol. The van der Waals surface area contributed by atoms with Crippen LogP contribution in [0.4, 0.5) is 0 Å². The zero-order valence-electron chi connectivity index (χ0n) is 6.77. The highest BCUT2D eigenvalue weighted by atomic mass is 16.2. The number of amides is 1. The third-order valence-corrected chi connectivity index (χ3v) is 1.03. The Morgan fingerprint density at radius 3 is 2.40 bits per heavy atom. The Labute approximate surface area is 61.5 Å². The van der Waals surface area contributed by atoms with Crippen LogP contribution in [0.3, 0.4) is 0 Å². The fourth-order valence-corrected chi connectivity index (χ4v) is 0.393. The van der Waals surface area contributed by atoms with Gasteiger partial charge in [-0.2, -0.15) is 0 Å². The van der Waals surface area contributed by atoms with Crippen LogP contribution in [0, 0.1) is 5.41 Å². The Bertz CT molecular complexity index is 135. The lowest BCUT2D eigenvalue weighted by molar-refractivity contribution is -0.128. The minimum atomic E-state index is -0.329. The molecule has 1 N–H and O–H groups in total. The van der Waals surface area contributed by atoms with Gasteiger partial charge in [0.05, 0.1) is 0 Å². The summed E-state index contributed by atoms with van der Waals surface area (Å²) in [6, 6.07) is 0. The normalized spacial score (nSPS) is 10.7. The average molecular weight is 142 g/mol. The minimum Gasteiger partial charge on any atom is -0.336 e. The summed E-state index contributed by atoms with van der Waals surface area (Å²) in [6.07, 6.45) is 0. The molecule has 0 spiro atoms. The van der Waals surface area contributed by atoms with Crippen molar-refractivity contribution in [1.82, 2.24) is 5.32 Å². The molecule has 0 saturated carbocycles. The van der Waals surface area contributed by atoms with Crippen molar-refractivity contribution in [1.29, 1.82) is 0 Å². The van der Waals surface area contributed by atoms with Gasteiger partial charge in [0.25, 0.3) is 0 Å². The second-order valence-electron chi connectivity index (χ2n) is 3.14. The molecule has 3 heteroatoms. The summed E-state index contributed by atoms with van der Waals surface area (Å²) in [5.74, 6) is -0.0000926. The number of aliphatic imine (C=N–C) groups is 1. The summed E-state index contributed by atoms with van der Waals surface area (Å²) in [4.78, 5) is 14.5. The first-order chi connectivity index (χ1) is 4.48. The largest absolute Gasteiger partial charge is 0.336 e. The van der Waals surface area contributed by atoms with E-state index in [1.165, 1.54) is 0 Å². The number of hydrogen-bond acceptors (Lipinski definition) is 2. The van der Waals surface area contributed by atoms with E-state index >= 15 is 0 Å². The molecule has 0 atom stereocenters. The molecule has 58 valence electrons. The Hall–Kier alpha value is -0.860. The van der Waals surface area contributed by atoms with Crippen LogP contribution in [0.5, 0.6) is 0 Å². The van der Waals surface area contributed by atoms with E-state index in [1.807, 2.05) is 20.8 Å². The maximum absolute atomic E-state index is 11.0. The Kier molecular flexibility index (Phi) is 3.06. The van der Waals surface area contributed by atoms with Crippen LogP contribution < -0.4 is 5.32 Å². The summed E-state index contributed by atoms with van der Waals surface area (Å²) < 4.78 is 0. The lowest BCUT2D eigenvalue weighted by atomic mass is 9.96. The zero-order valence-corrected chi connectivity index (χ0v) is 6.77. The molecule has 0 aliphatic rings. The van der Waals surface area contributed by atoms with Crippen LogP contribution in [-0.4, -0.2) is 19.3 Å². The molecular formula is C7H14N2O. The number of rotatable bonds is 2. The van der Waals surface area contributed by atoms with Crippen molar-refractivity contribution in [3.63, 3.8) is 0 Å². The molecular weight excluding hydrogens is 128 g/mol. The topological polar surface area (TPSA) is 41.5 Å². The number of carbonyl (C=O) groups is 1. The summed E-state index contributed by atoms with van der Waals surface area (Å²) in [7, 11) is 0. The quantitative estimate of drug-likeness (QED) is 0.569. The van der Waals surface area contributed by atoms with Crippen molar-refractivity contribution in [3.05, 3.63) is 0 Å². The Morgan fingerprint density at radius 2 is 2.10 bits per heavy atom. The number of nitrogens with one attached hydrogen (secondary N) is 1. The van der Waals surface area contributed by atoms with Crippen LogP contribution in [0.15, 0.2) is 4.99 Å². The van der Waals surface area contributed by atoms with E-state index in [0.717, 1.165) is 0 Å². The third kappa shape index (κ3) is 3.22. The molecule has 10 heavy (non-hydrogen) atoms. The Morgan fingerprint density at radius 1 is 1.60 bits per heavy atom. The molecule has 3 nitrogen and oxygen atoms in total. The Balaban J connectivity index is 3.74. The van der Waals surface area contributed by atoms with Gasteiger partial charge in [-0.3, -0.25) is 9.79 Å². The van der Waals surface area contributed by atoms with Gasteiger partial charge in [-0.25, -0.2) is 0 Å². The van der Waals surface area contributed by atoms with E-state index in [4.69, 9.17) is 0 Å². The molecule has 0 bridgehead atoms. The van der Waals surface area contributed by atoms with E-state index in [0.29, 0.717) is 6.67 Å². The van der Waals surface area contributed by atoms with Crippen molar-refractivity contribution < 1.29 is 4.79 Å². The van der Waals surface area contributed by atoms with E-state index in [9.17, 15) is 4.79 Å². The van der Waals surface area contributed by atoms with Crippen molar-refractivity contribution in [2.45, 2.75) is 20.8 Å². The summed E-state index contributed by atoms with van der Waals surface area (Å²) in [6.45, 7) is 9.11. The fourth-order valence-electron chi connectivity index (χ4n) is 0.393. The first-order valence-electron chi connectivity index (χ1n) is 3.19. The standard InChI is InChI=1S/C7H14N2O/c1-7(2,3)6(10)9-5-8-4/h4-5H2,1-3H3,(H,9,10). The van der Waals surface area contributed by atoms with Gasteiger partial charge in [-0.05, 0) is 6.72 Å². The van der Waals surface area contributed by atoms with Crippen LogP contribution in [0.25, 0.3) is 0 Å². The highest BCUT2D eigenvalue weighted by molar-refractivity contribution is 5.81. The van der Waals surface area contributed by atoms with Gasteiger partial charge >= 0.3 is 0 Å². The molecule has 1 amide bonds. The lowest BCUT2D eigenvalue weighted by Crippen LogP contribution is -2.34. The summed E-state index contributed by atoms with van der Waals surface area (Å²) in [5, 5.41) is 2.60. The fraction of sp³-hybridized carbons (Fsp3) is 0.714. The van der Waals surface area contributed by atoms with Gasteiger partial charge in [0.1, 0.15) is 6.67 Å². The predicted molar refractivity (Wildman–Crippen MR) is 42.0 cm³/mol.